The third-order valence-corrected chi connectivity index (χ3v) is 3.62. The topological polar surface area (TPSA) is 21.6 Å². The summed E-state index contributed by atoms with van der Waals surface area (Å²) >= 11 is 0. The summed E-state index contributed by atoms with van der Waals surface area (Å²) in [6.07, 6.45) is 2.05. The maximum atomic E-state index is 5.99. The van der Waals surface area contributed by atoms with Crippen molar-refractivity contribution in [3.63, 3.8) is 0 Å². The van der Waals surface area contributed by atoms with Gasteiger partial charge in [0.2, 0.25) is 5.90 Å². The first-order chi connectivity index (χ1) is 10.1. The molecule has 2 aromatic carbocycles. The summed E-state index contributed by atoms with van der Waals surface area (Å²) in [5, 5.41) is 0. The van der Waals surface area contributed by atoms with Crippen LogP contribution in [0.1, 0.15) is 25.0 Å². The van der Waals surface area contributed by atoms with E-state index in [9.17, 15) is 0 Å². The fourth-order valence-electron chi connectivity index (χ4n) is 2.52. The monoisotopic (exact) mass is 277 g/mol. The molecule has 0 N–H and O–H groups in total. The maximum absolute atomic E-state index is 5.99. The largest absolute Gasteiger partial charge is 0.467 e. The van der Waals surface area contributed by atoms with E-state index >= 15 is 0 Å². The molecular formula is C19H19NO. The average molecular weight is 277 g/mol. The molecule has 0 atom stereocenters. The Hall–Kier alpha value is -2.35. The average Bonchev–Trinajstić information content (AvgIpc) is 2.82. The van der Waals surface area contributed by atoms with Crippen LogP contribution in [0.3, 0.4) is 0 Å². The SMILES string of the molecule is CC1(C)OC(=NCc2ccccc2)C=C1c1ccccc1. The van der Waals surface area contributed by atoms with E-state index in [1.165, 1.54) is 16.7 Å². The van der Waals surface area contributed by atoms with Crippen LogP contribution >= 0.6 is 0 Å². The second kappa shape index (κ2) is 5.57. The molecule has 2 aromatic rings. The molecule has 2 heteroatoms. The molecule has 1 heterocycles. The van der Waals surface area contributed by atoms with Crippen LogP contribution in [0.4, 0.5) is 0 Å². The number of ether oxygens (including phenoxy) is 1. The lowest BCUT2D eigenvalue weighted by atomic mass is 9.93. The number of nitrogens with zero attached hydrogens (tertiary/aromatic N) is 1. The molecule has 2 nitrogen and oxygen atoms in total. The second-order valence-corrected chi connectivity index (χ2v) is 5.68. The normalized spacial score (nSPS) is 18.4. The molecule has 0 unspecified atom stereocenters. The summed E-state index contributed by atoms with van der Waals surface area (Å²) in [4.78, 5) is 4.58. The Kier molecular flexibility index (Phi) is 3.61. The Labute approximate surface area is 125 Å². The van der Waals surface area contributed by atoms with E-state index in [0.29, 0.717) is 12.4 Å². The minimum Gasteiger partial charge on any atom is -0.467 e. The van der Waals surface area contributed by atoms with Gasteiger partial charge in [0.25, 0.3) is 0 Å². The minimum absolute atomic E-state index is 0.336. The zero-order valence-electron chi connectivity index (χ0n) is 12.4. The lowest BCUT2D eigenvalue weighted by molar-refractivity contribution is 0.170. The third-order valence-electron chi connectivity index (χ3n) is 3.62. The van der Waals surface area contributed by atoms with Crippen molar-refractivity contribution >= 4 is 11.5 Å². The first-order valence-electron chi connectivity index (χ1n) is 7.20. The van der Waals surface area contributed by atoms with E-state index in [1.807, 2.05) is 36.4 Å². The van der Waals surface area contributed by atoms with Crippen molar-refractivity contribution < 1.29 is 4.74 Å². The fraction of sp³-hybridized carbons (Fsp3) is 0.211. The van der Waals surface area contributed by atoms with Gasteiger partial charge < -0.3 is 4.74 Å². The van der Waals surface area contributed by atoms with Gasteiger partial charge in [0.15, 0.2) is 0 Å². The summed E-state index contributed by atoms with van der Waals surface area (Å²) in [6.45, 7) is 4.80. The molecule has 21 heavy (non-hydrogen) atoms. The molecule has 106 valence electrons. The van der Waals surface area contributed by atoms with Gasteiger partial charge in [0.1, 0.15) is 5.60 Å². The lowest BCUT2D eigenvalue weighted by Gasteiger charge is -2.22. The van der Waals surface area contributed by atoms with Crippen molar-refractivity contribution in [2.45, 2.75) is 26.0 Å². The van der Waals surface area contributed by atoms with Crippen molar-refractivity contribution in [2.75, 3.05) is 0 Å². The zero-order chi connectivity index (χ0) is 14.7. The summed E-state index contributed by atoms with van der Waals surface area (Å²) in [5.74, 6) is 0.711. The van der Waals surface area contributed by atoms with Gasteiger partial charge in [-0.15, -0.1) is 0 Å². The molecule has 0 amide bonds. The Bertz CT molecular complexity index is 669. The number of rotatable bonds is 3. The minimum atomic E-state index is -0.336. The van der Waals surface area contributed by atoms with Crippen LogP contribution in [0.25, 0.3) is 5.57 Å². The highest BCUT2D eigenvalue weighted by Gasteiger charge is 2.33. The predicted molar refractivity (Wildman–Crippen MR) is 87.2 cm³/mol. The van der Waals surface area contributed by atoms with E-state index in [2.05, 4.69) is 49.2 Å². The molecule has 0 aromatic heterocycles. The Balaban J connectivity index is 1.84. The van der Waals surface area contributed by atoms with E-state index in [0.717, 1.165) is 0 Å². The molecule has 0 fully saturated rings. The van der Waals surface area contributed by atoms with E-state index in [-0.39, 0.29) is 5.60 Å². The summed E-state index contributed by atoms with van der Waals surface area (Å²) in [7, 11) is 0. The van der Waals surface area contributed by atoms with Gasteiger partial charge >= 0.3 is 0 Å². The molecule has 0 spiro atoms. The number of benzene rings is 2. The number of aliphatic imine (C=N–C) groups is 1. The van der Waals surface area contributed by atoms with E-state index < -0.39 is 0 Å². The van der Waals surface area contributed by atoms with Crippen LogP contribution < -0.4 is 0 Å². The van der Waals surface area contributed by atoms with Gasteiger partial charge in [0, 0.05) is 11.6 Å². The first kappa shape index (κ1) is 13.6. The van der Waals surface area contributed by atoms with Gasteiger partial charge in [-0.25, -0.2) is 4.99 Å². The summed E-state index contributed by atoms with van der Waals surface area (Å²) in [6, 6.07) is 20.6. The third kappa shape index (κ3) is 3.05. The highest BCUT2D eigenvalue weighted by atomic mass is 16.5. The van der Waals surface area contributed by atoms with Crippen LogP contribution in [0.2, 0.25) is 0 Å². The van der Waals surface area contributed by atoms with Crippen LogP contribution in [0, 0.1) is 0 Å². The van der Waals surface area contributed by atoms with Crippen molar-refractivity contribution in [3.8, 4) is 0 Å². The summed E-state index contributed by atoms with van der Waals surface area (Å²) in [5.41, 5.74) is 3.21. The number of hydrogen-bond donors (Lipinski definition) is 0. The summed E-state index contributed by atoms with van der Waals surface area (Å²) < 4.78 is 5.99. The van der Waals surface area contributed by atoms with Gasteiger partial charge in [-0.1, -0.05) is 60.7 Å². The molecule has 0 saturated heterocycles. The Morgan fingerprint density at radius 3 is 2.19 bits per heavy atom. The fourth-order valence-corrected chi connectivity index (χ4v) is 2.52. The Morgan fingerprint density at radius 1 is 0.905 bits per heavy atom. The van der Waals surface area contributed by atoms with Crippen LogP contribution in [0.15, 0.2) is 71.7 Å². The van der Waals surface area contributed by atoms with Crippen molar-refractivity contribution in [1.82, 2.24) is 0 Å². The molecule has 0 bridgehead atoms. The molecule has 1 aliphatic rings. The highest BCUT2D eigenvalue weighted by Crippen LogP contribution is 2.35. The lowest BCUT2D eigenvalue weighted by Crippen LogP contribution is -2.22. The van der Waals surface area contributed by atoms with Crippen LogP contribution in [-0.4, -0.2) is 11.5 Å². The smallest absolute Gasteiger partial charge is 0.210 e. The zero-order valence-corrected chi connectivity index (χ0v) is 12.4. The second-order valence-electron chi connectivity index (χ2n) is 5.68. The van der Waals surface area contributed by atoms with E-state index in [4.69, 9.17) is 4.74 Å². The molecule has 0 saturated carbocycles. The molecule has 3 rings (SSSR count). The molecule has 0 radical (unpaired) electrons. The van der Waals surface area contributed by atoms with Crippen LogP contribution in [0.5, 0.6) is 0 Å². The van der Waals surface area contributed by atoms with Crippen molar-refractivity contribution in [1.29, 1.82) is 0 Å². The van der Waals surface area contributed by atoms with Crippen molar-refractivity contribution in [3.05, 3.63) is 77.9 Å². The van der Waals surface area contributed by atoms with Gasteiger partial charge in [-0.3, -0.25) is 0 Å². The standard InChI is InChI=1S/C19H19NO/c1-19(2)17(16-11-7-4-8-12-16)13-18(21-19)20-14-15-9-5-3-6-10-15/h3-13H,14H2,1-2H3. The molecular weight excluding hydrogens is 258 g/mol. The molecule has 0 aliphatic carbocycles. The van der Waals surface area contributed by atoms with Crippen molar-refractivity contribution in [2.24, 2.45) is 4.99 Å². The molecule has 1 aliphatic heterocycles. The van der Waals surface area contributed by atoms with E-state index in [1.54, 1.807) is 0 Å². The van der Waals surface area contributed by atoms with Gasteiger partial charge in [-0.2, -0.15) is 0 Å². The number of hydrogen-bond acceptors (Lipinski definition) is 2. The van der Waals surface area contributed by atoms with Gasteiger partial charge in [-0.05, 0) is 25.0 Å². The van der Waals surface area contributed by atoms with Gasteiger partial charge in [0.05, 0.1) is 6.54 Å². The first-order valence-corrected chi connectivity index (χ1v) is 7.20. The quantitative estimate of drug-likeness (QED) is 0.810. The Morgan fingerprint density at radius 2 is 1.52 bits per heavy atom. The maximum Gasteiger partial charge on any atom is 0.210 e. The van der Waals surface area contributed by atoms with Crippen LogP contribution in [-0.2, 0) is 11.3 Å². The predicted octanol–water partition coefficient (Wildman–Crippen LogP) is 4.48. The highest BCUT2D eigenvalue weighted by molar-refractivity contribution is 6.01.